The summed E-state index contributed by atoms with van der Waals surface area (Å²) in [5.74, 6) is -0.901. The first kappa shape index (κ1) is 44.4. The fourth-order valence-corrected chi connectivity index (χ4v) is 6.14. The van der Waals surface area contributed by atoms with Crippen LogP contribution in [0.25, 0.3) is 0 Å². The molecule has 0 radical (unpaired) electrons. The van der Waals surface area contributed by atoms with Gasteiger partial charge in [-0.2, -0.15) is 0 Å². The van der Waals surface area contributed by atoms with Crippen molar-refractivity contribution in [3.05, 3.63) is 175 Å². The standard InChI is InChI=1S/C22H17BrCl2FNO2.C22H18Cl2FNO3/c23-11-1-2-14-3-7-17(8-4-14)29-21-10-6-16(13-20(21)26)27-22(28)15-5-9-18(24)19(25)12-15;23-18-9-5-15(12-19(18)24)22(28)26-16-6-10-21(20(25)13-16)29-17-7-3-14(4-8-17)2-1-11-27/h3-10,12-13H,1-2,11H2,(H,27,28);3-10,12-13,27H,1-2,11H2,(H,26,28). The summed E-state index contributed by atoms with van der Waals surface area (Å²) in [6.45, 7) is 0.136. The molecule has 0 heterocycles. The molecule has 0 spiro atoms. The highest BCUT2D eigenvalue weighted by atomic mass is 79.9. The summed E-state index contributed by atoms with van der Waals surface area (Å²) in [6.07, 6.45) is 3.46. The van der Waals surface area contributed by atoms with E-state index in [9.17, 15) is 18.4 Å². The van der Waals surface area contributed by atoms with Crippen LogP contribution in [0.2, 0.25) is 20.1 Å². The minimum Gasteiger partial charge on any atom is -0.454 e. The number of anilines is 2. The Morgan fingerprint density at radius 3 is 1.33 bits per heavy atom. The smallest absolute Gasteiger partial charge is 0.255 e. The van der Waals surface area contributed by atoms with Gasteiger partial charge in [0.05, 0.1) is 20.1 Å². The van der Waals surface area contributed by atoms with Crippen molar-refractivity contribution in [2.24, 2.45) is 0 Å². The third-order valence-corrected chi connectivity index (χ3v) is 10.3. The first-order valence-electron chi connectivity index (χ1n) is 17.7. The minimum atomic E-state index is -0.610. The number of amides is 2. The number of halogens is 7. The zero-order valence-electron chi connectivity index (χ0n) is 30.5. The largest absolute Gasteiger partial charge is 0.454 e. The first-order chi connectivity index (χ1) is 27.9. The van der Waals surface area contributed by atoms with E-state index in [-0.39, 0.29) is 33.8 Å². The van der Waals surface area contributed by atoms with Crippen LogP contribution in [0.3, 0.4) is 0 Å². The molecule has 14 heteroatoms. The number of aliphatic hydroxyl groups excluding tert-OH is 1. The Morgan fingerprint density at radius 2 is 0.966 bits per heavy atom. The van der Waals surface area contributed by atoms with Crippen molar-refractivity contribution in [2.75, 3.05) is 22.6 Å². The van der Waals surface area contributed by atoms with Crippen molar-refractivity contribution in [2.45, 2.75) is 25.7 Å². The number of alkyl halides is 1. The molecule has 6 rings (SSSR count). The van der Waals surface area contributed by atoms with Crippen molar-refractivity contribution in [3.8, 4) is 23.0 Å². The van der Waals surface area contributed by atoms with E-state index >= 15 is 0 Å². The first-order valence-corrected chi connectivity index (χ1v) is 20.4. The summed E-state index contributed by atoms with van der Waals surface area (Å²) in [5, 5.41) is 16.3. The number of rotatable bonds is 14. The van der Waals surface area contributed by atoms with Crippen molar-refractivity contribution in [1.82, 2.24) is 0 Å². The molecule has 7 nitrogen and oxygen atoms in total. The van der Waals surface area contributed by atoms with Gasteiger partial charge >= 0.3 is 0 Å². The lowest BCUT2D eigenvalue weighted by Gasteiger charge is -2.10. The number of carbonyl (C=O) groups is 2. The van der Waals surface area contributed by atoms with E-state index in [0.29, 0.717) is 44.8 Å². The molecule has 6 aromatic carbocycles. The highest BCUT2D eigenvalue weighted by molar-refractivity contribution is 9.09. The van der Waals surface area contributed by atoms with E-state index < -0.39 is 23.4 Å². The number of carbonyl (C=O) groups excluding carboxylic acids is 2. The molecule has 300 valence electrons. The molecule has 0 aliphatic rings. The fourth-order valence-electron chi connectivity index (χ4n) is 5.26. The third kappa shape index (κ3) is 13.2. The number of ether oxygens (including phenoxy) is 2. The maximum Gasteiger partial charge on any atom is 0.255 e. The summed E-state index contributed by atoms with van der Waals surface area (Å²) >= 11 is 27.0. The molecule has 3 N–H and O–H groups in total. The molecule has 0 fully saturated rings. The number of hydrogen-bond donors (Lipinski definition) is 3. The number of aryl methyl sites for hydroxylation is 2. The van der Waals surface area contributed by atoms with Gasteiger partial charge in [-0.3, -0.25) is 9.59 Å². The molecular weight excluding hydrogens is 896 g/mol. The summed E-state index contributed by atoms with van der Waals surface area (Å²) in [6, 6.07) is 32.2. The topological polar surface area (TPSA) is 96.9 Å². The minimum absolute atomic E-state index is 0.0423. The zero-order valence-corrected chi connectivity index (χ0v) is 35.1. The maximum absolute atomic E-state index is 14.4. The van der Waals surface area contributed by atoms with Crippen LogP contribution in [-0.2, 0) is 12.8 Å². The molecule has 2 amide bonds. The van der Waals surface area contributed by atoms with Crippen LogP contribution >= 0.6 is 62.3 Å². The molecule has 0 aliphatic carbocycles. The van der Waals surface area contributed by atoms with Gasteiger partial charge < -0.3 is 25.2 Å². The molecule has 0 bridgehead atoms. The summed E-state index contributed by atoms with van der Waals surface area (Å²) < 4.78 is 40.0. The monoisotopic (exact) mass is 928 g/mol. The fraction of sp³-hybridized carbons (Fsp3) is 0.136. The molecular formula is C44H35BrCl4F2N2O5. The normalized spacial score (nSPS) is 10.6. The second-order valence-electron chi connectivity index (χ2n) is 12.6. The van der Waals surface area contributed by atoms with Crippen LogP contribution in [-0.4, -0.2) is 28.9 Å². The zero-order chi connectivity index (χ0) is 41.6. The number of benzene rings is 6. The molecule has 0 aliphatic heterocycles. The predicted octanol–water partition coefficient (Wildman–Crippen LogP) is 13.6. The van der Waals surface area contributed by atoms with Gasteiger partial charge in [0, 0.05) is 46.6 Å². The van der Waals surface area contributed by atoms with E-state index in [1.54, 1.807) is 30.3 Å². The molecule has 0 unspecified atom stereocenters. The number of hydrogen-bond acceptors (Lipinski definition) is 5. The lowest BCUT2D eigenvalue weighted by molar-refractivity contribution is 0.101. The van der Waals surface area contributed by atoms with Crippen molar-refractivity contribution >= 4 is 85.5 Å². The van der Waals surface area contributed by atoms with Crippen LogP contribution in [0.15, 0.2) is 121 Å². The molecule has 0 saturated heterocycles. The highest BCUT2D eigenvalue weighted by Crippen LogP contribution is 2.30. The van der Waals surface area contributed by atoms with Gasteiger partial charge in [0.15, 0.2) is 23.1 Å². The van der Waals surface area contributed by atoms with Crippen molar-refractivity contribution in [3.63, 3.8) is 0 Å². The molecule has 58 heavy (non-hydrogen) atoms. The van der Waals surface area contributed by atoms with Crippen molar-refractivity contribution in [1.29, 1.82) is 0 Å². The van der Waals surface area contributed by atoms with Gasteiger partial charge in [0.2, 0.25) is 0 Å². The quantitative estimate of drug-likeness (QED) is 0.0946. The summed E-state index contributed by atoms with van der Waals surface area (Å²) in [4.78, 5) is 24.6. The highest BCUT2D eigenvalue weighted by Gasteiger charge is 2.13. The second-order valence-corrected chi connectivity index (χ2v) is 15.0. The van der Waals surface area contributed by atoms with Crippen LogP contribution in [0.4, 0.5) is 20.2 Å². The number of aliphatic hydroxyl groups is 1. The van der Waals surface area contributed by atoms with Gasteiger partial charge in [-0.25, -0.2) is 8.78 Å². The van der Waals surface area contributed by atoms with Gasteiger partial charge in [-0.1, -0.05) is 86.6 Å². The molecule has 0 aromatic heterocycles. The third-order valence-electron chi connectivity index (χ3n) is 8.27. The van der Waals surface area contributed by atoms with E-state index in [4.69, 9.17) is 61.0 Å². The van der Waals surface area contributed by atoms with E-state index in [2.05, 4.69) is 26.6 Å². The van der Waals surface area contributed by atoms with Gasteiger partial charge in [-0.15, -0.1) is 0 Å². The lowest BCUT2D eigenvalue weighted by atomic mass is 10.1. The Hall–Kier alpha value is -4.68. The Morgan fingerprint density at radius 1 is 0.552 bits per heavy atom. The average Bonchev–Trinajstić information content (AvgIpc) is 3.21. The van der Waals surface area contributed by atoms with Crippen LogP contribution in [0, 0.1) is 11.6 Å². The van der Waals surface area contributed by atoms with E-state index in [1.807, 2.05) is 36.4 Å². The van der Waals surface area contributed by atoms with E-state index in [0.717, 1.165) is 30.2 Å². The Balaban J connectivity index is 0.000000221. The van der Waals surface area contributed by atoms with E-state index in [1.165, 1.54) is 60.2 Å². The SMILES string of the molecule is O=C(Nc1ccc(Oc2ccc(CCCBr)cc2)c(F)c1)c1ccc(Cl)c(Cl)c1.O=C(Nc1ccc(Oc2ccc(CCCO)cc2)c(F)c1)c1ccc(Cl)c(Cl)c1. The van der Waals surface area contributed by atoms with Gasteiger partial charge in [0.25, 0.3) is 11.8 Å². The Kier molecular flexibility index (Phi) is 16.8. The van der Waals surface area contributed by atoms with Crippen LogP contribution in [0.5, 0.6) is 23.0 Å². The molecule has 6 aromatic rings. The van der Waals surface area contributed by atoms with Gasteiger partial charge in [0.1, 0.15) is 11.5 Å². The summed E-state index contributed by atoms with van der Waals surface area (Å²) in [7, 11) is 0. The number of nitrogens with one attached hydrogen (secondary N) is 2. The van der Waals surface area contributed by atoms with Gasteiger partial charge in [-0.05, 0) is 122 Å². The van der Waals surface area contributed by atoms with Crippen molar-refractivity contribution < 1.29 is 33.0 Å². The van der Waals surface area contributed by atoms with Crippen LogP contribution < -0.4 is 20.1 Å². The molecule has 0 saturated carbocycles. The summed E-state index contributed by atoms with van der Waals surface area (Å²) in [5.41, 5.74) is 3.47. The predicted molar refractivity (Wildman–Crippen MR) is 232 cm³/mol. The lowest BCUT2D eigenvalue weighted by Crippen LogP contribution is -2.12. The molecule has 0 atom stereocenters. The average molecular weight is 931 g/mol. The Labute approximate surface area is 362 Å². The maximum atomic E-state index is 14.4. The Bertz CT molecular complexity index is 2190. The van der Waals surface area contributed by atoms with Crippen LogP contribution in [0.1, 0.15) is 44.7 Å². The second kappa shape index (κ2) is 21.9.